The lowest BCUT2D eigenvalue weighted by Gasteiger charge is -2.36. The molecule has 1 atom stereocenters. The molecule has 0 aliphatic carbocycles. The first-order chi connectivity index (χ1) is 15.3. The zero-order valence-electron chi connectivity index (χ0n) is 18.7. The Kier molecular flexibility index (Phi) is 6.75. The van der Waals surface area contributed by atoms with Crippen LogP contribution in [0.5, 0.6) is 0 Å². The first kappa shape index (κ1) is 23.0. The van der Waals surface area contributed by atoms with Gasteiger partial charge in [-0.3, -0.25) is 9.69 Å². The zero-order valence-corrected chi connectivity index (χ0v) is 19.5. The van der Waals surface area contributed by atoms with Crippen molar-refractivity contribution in [1.29, 1.82) is 5.26 Å². The van der Waals surface area contributed by atoms with E-state index in [1.807, 2.05) is 0 Å². The molecule has 1 spiro atoms. The van der Waals surface area contributed by atoms with Gasteiger partial charge in [0.25, 0.3) is 0 Å². The van der Waals surface area contributed by atoms with Crippen molar-refractivity contribution in [3.05, 3.63) is 29.8 Å². The largest absolute Gasteiger partial charge is 0.462 e. The van der Waals surface area contributed by atoms with Gasteiger partial charge in [-0.15, -0.1) is 0 Å². The highest BCUT2D eigenvalue weighted by atomic mass is 32.2. The molecule has 8 nitrogen and oxygen atoms in total. The average Bonchev–Trinajstić information content (AvgIpc) is 3.08. The molecule has 9 heteroatoms. The van der Waals surface area contributed by atoms with Crippen LogP contribution in [0.2, 0.25) is 0 Å². The third-order valence-electron chi connectivity index (χ3n) is 7.18. The van der Waals surface area contributed by atoms with Crippen LogP contribution in [0, 0.1) is 23.7 Å². The molecule has 0 saturated carbocycles. The van der Waals surface area contributed by atoms with E-state index < -0.39 is 21.2 Å². The van der Waals surface area contributed by atoms with Crippen molar-refractivity contribution in [3.63, 3.8) is 0 Å². The third-order valence-corrected chi connectivity index (χ3v) is 8.83. The number of benzene rings is 1. The Morgan fingerprint density at radius 1 is 1.09 bits per heavy atom. The van der Waals surface area contributed by atoms with Gasteiger partial charge < -0.3 is 9.64 Å². The van der Waals surface area contributed by atoms with E-state index >= 15 is 0 Å². The van der Waals surface area contributed by atoms with Crippen LogP contribution in [0.15, 0.2) is 24.3 Å². The highest BCUT2D eigenvalue weighted by molar-refractivity contribution is 7.89. The molecular formula is C23H32N4O4S. The molecule has 32 heavy (non-hydrogen) atoms. The number of rotatable bonds is 6. The summed E-state index contributed by atoms with van der Waals surface area (Å²) in [5.74, 6) is -0.687. The van der Waals surface area contributed by atoms with Crippen LogP contribution in [0.3, 0.4) is 0 Å². The van der Waals surface area contributed by atoms with E-state index in [9.17, 15) is 13.2 Å². The van der Waals surface area contributed by atoms with Gasteiger partial charge in [0.1, 0.15) is 6.10 Å². The number of piperazine rings is 1. The highest BCUT2D eigenvalue weighted by Crippen LogP contribution is 2.44. The van der Waals surface area contributed by atoms with E-state index in [0.717, 1.165) is 39.1 Å². The molecular weight excluding hydrogens is 428 g/mol. The van der Waals surface area contributed by atoms with E-state index in [4.69, 9.17) is 10.00 Å². The van der Waals surface area contributed by atoms with Crippen LogP contribution in [0.4, 0.5) is 5.69 Å². The standard InChI is InChI=1S/C23H32N4O4S/c1-19-2-4-20(5-3-19)26-15-13-25(14-16-26)10-6-21-18-23(22(28)31-21)7-11-27(12-8-23)32(29,30)17-9-24/h2-5,21H,6-8,10-18H2,1H3/t21-/m0/s1. The molecule has 0 amide bonds. The Balaban J connectivity index is 1.23. The summed E-state index contributed by atoms with van der Waals surface area (Å²) in [6.07, 6.45) is 2.33. The van der Waals surface area contributed by atoms with Crippen molar-refractivity contribution in [3.8, 4) is 6.07 Å². The minimum atomic E-state index is -3.55. The average molecular weight is 461 g/mol. The Bertz CT molecular complexity index is 957. The summed E-state index contributed by atoms with van der Waals surface area (Å²) >= 11 is 0. The Hall–Kier alpha value is -2.15. The van der Waals surface area contributed by atoms with Gasteiger partial charge in [0.05, 0.1) is 11.5 Å². The van der Waals surface area contributed by atoms with Gasteiger partial charge in [0, 0.05) is 57.9 Å². The number of piperidine rings is 1. The molecule has 1 aromatic carbocycles. The summed E-state index contributed by atoms with van der Waals surface area (Å²) in [6, 6.07) is 10.4. The molecule has 3 aliphatic rings. The maximum Gasteiger partial charge on any atom is 0.312 e. The van der Waals surface area contributed by atoms with E-state index in [-0.39, 0.29) is 25.2 Å². The summed E-state index contributed by atoms with van der Waals surface area (Å²) in [6.45, 7) is 7.53. The smallest absolute Gasteiger partial charge is 0.312 e. The first-order valence-electron chi connectivity index (χ1n) is 11.4. The van der Waals surface area contributed by atoms with Gasteiger partial charge in [-0.05, 0) is 38.3 Å². The fraction of sp³-hybridized carbons (Fsp3) is 0.652. The number of hydrogen-bond donors (Lipinski definition) is 0. The van der Waals surface area contributed by atoms with Crippen LogP contribution in [-0.2, 0) is 19.6 Å². The normalized spacial score (nSPS) is 24.4. The number of carbonyl (C=O) groups excluding carboxylic acids is 1. The van der Waals surface area contributed by atoms with E-state index in [2.05, 4.69) is 41.0 Å². The fourth-order valence-corrected chi connectivity index (χ4v) is 6.17. The molecule has 0 aromatic heterocycles. The van der Waals surface area contributed by atoms with Crippen molar-refractivity contribution in [1.82, 2.24) is 9.21 Å². The second-order valence-corrected chi connectivity index (χ2v) is 11.2. The maximum absolute atomic E-state index is 12.7. The summed E-state index contributed by atoms with van der Waals surface area (Å²) in [5.41, 5.74) is 1.98. The third kappa shape index (κ3) is 4.92. The van der Waals surface area contributed by atoms with Crippen molar-refractivity contribution in [2.24, 2.45) is 5.41 Å². The van der Waals surface area contributed by atoms with Crippen LogP contribution < -0.4 is 4.90 Å². The highest BCUT2D eigenvalue weighted by Gasteiger charge is 2.51. The van der Waals surface area contributed by atoms with E-state index in [0.29, 0.717) is 19.3 Å². The number of aryl methyl sites for hydroxylation is 1. The first-order valence-corrected chi connectivity index (χ1v) is 13.0. The SMILES string of the molecule is Cc1ccc(N2CCN(CC[C@H]3CC4(CCN(S(=O)(=O)CC#N)CC4)C(=O)O3)CC2)cc1. The lowest BCUT2D eigenvalue weighted by Crippen LogP contribution is -2.47. The van der Waals surface area contributed by atoms with Gasteiger partial charge >= 0.3 is 5.97 Å². The summed E-state index contributed by atoms with van der Waals surface area (Å²) in [4.78, 5) is 17.5. The summed E-state index contributed by atoms with van der Waals surface area (Å²) in [7, 11) is -3.55. The lowest BCUT2D eigenvalue weighted by molar-refractivity contribution is -0.150. The molecule has 0 unspecified atom stereocenters. The molecule has 4 rings (SSSR count). The molecule has 3 fully saturated rings. The van der Waals surface area contributed by atoms with Gasteiger partial charge in [0.15, 0.2) is 5.75 Å². The van der Waals surface area contributed by atoms with Crippen LogP contribution in [-0.4, -0.2) is 81.3 Å². The van der Waals surface area contributed by atoms with Crippen molar-refractivity contribution >= 4 is 21.7 Å². The maximum atomic E-state index is 12.7. The Labute approximate surface area is 190 Å². The Morgan fingerprint density at radius 3 is 2.38 bits per heavy atom. The number of sulfonamides is 1. The lowest BCUT2D eigenvalue weighted by atomic mass is 9.76. The number of anilines is 1. The second kappa shape index (κ2) is 9.38. The van der Waals surface area contributed by atoms with Crippen molar-refractivity contribution in [2.45, 2.75) is 38.7 Å². The quantitative estimate of drug-likeness (QED) is 0.597. The zero-order chi connectivity index (χ0) is 22.8. The predicted molar refractivity (Wildman–Crippen MR) is 122 cm³/mol. The number of carbonyl (C=O) groups is 1. The van der Waals surface area contributed by atoms with Gasteiger partial charge in [-0.2, -0.15) is 5.26 Å². The molecule has 174 valence electrons. The topological polar surface area (TPSA) is 94.0 Å². The minimum Gasteiger partial charge on any atom is -0.462 e. The molecule has 1 aromatic rings. The van der Waals surface area contributed by atoms with E-state index in [1.54, 1.807) is 6.07 Å². The summed E-state index contributed by atoms with van der Waals surface area (Å²) < 4.78 is 31.3. The van der Waals surface area contributed by atoms with E-state index in [1.165, 1.54) is 15.6 Å². The number of ether oxygens (including phenoxy) is 1. The van der Waals surface area contributed by atoms with Crippen molar-refractivity contribution in [2.75, 3.05) is 56.5 Å². The Morgan fingerprint density at radius 2 is 1.75 bits per heavy atom. The van der Waals surface area contributed by atoms with Gasteiger partial charge in [0.2, 0.25) is 10.0 Å². The van der Waals surface area contributed by atoms with Crippen LogP contribution in [0.25, 0.3) is 0 Å². The van der Waals surface area contributed by atoms with Gasteiger partial charge in [-0.25, -0.2) is 12.7 Å². The number of esters is 1. The van der Waals surface area contributed by atoms with Crippen LogP contribution >= 0.6 is 0 Å². The fourth-order valence-electron chi connectivity index (χ4n) is 5.08. The predicted octanol–water partition coefficient (Wildman–Crippen LogP) is 1.76. The monoisotopic (exact) mass is 460 g/mol. The number of nitrogens with zero attached hydrogens (tertiary/aromatic N) is 4. The molecule has 3 heterocycles. The van der Waals surface area contributed by atoms with Gasteiger partial charge in [-0.1, -0.05) is 17.7 Å². The number of cyclic esters (lactones) is 1. The molecule has 0 N–H and O–H groups in total. The molecule has 0 bridgehead atoms. The summed E-state index contributed by atoms with van der Waals surface area (Å²) in [5, 5.41) is 8.73. The molecule has 3 aliphatic heterocycles. The molecule has 3 saturated heterocycles. The van der Waals surface area contributed by atoms with Crippen LogP contribution in [0.1, 0.15) is 31.2 Å². The second-order valence-electron chi connectivity index (χ2n) is 9.28. The minimum absolute atomic E-state index is 0.0973. The number of hydrogen-bond acceptors (Lipinski definition) is 7. The molecule has 0 radical (unpaired) electrons. The number of nitriles is 1. The van der Waals surface area contributed by atoms with Crippen molar-refractivity contribution < 1.29 is 17.9 Å².